The van der Waals surface area contributed by atoms with Gasteiger partial charge in [0.15, 0.2) is 0 Å². The van der Waals surface area contributed by atoms with Gasteiger partial charge in [-0.05, 0) is 52.8 Å². The van der Waals surface area contributed by atoms with E-state index in [4.69, 9.17) is 5.73 Å². The number of hydrogen-bond donors (Lipinski definition) is 1. The van der Waals surface area contributed by atoms with Crippen LogP contribution in [0.1, 0.15) is 37.0 Å². The van der Waals surface area contributed by atoms with Crippen molar-refractivity contribution in [1.82, 2.24) is 4.90 Å². The van der Waals surface area contributed by atoms with E-state index in [9.17, 15) is 0 Å². The fraction of sp³-hybridized carbons (Fsp3) is 0.600. The molecule has 0 aliphatic carbocycles. The maximum absolute atomic E-state index is 5.59. The van der Waals surface area contributed by atoms with Crippen LogP contribution in [0.5, 0.6) is 0 Å². The zero-order valence-electron chi connectivity index (χ0n) is 11.7. The number of benzene rings is 1. The van der Waals surface area contributed by atoms with Gasteiger partial charge in [0.2, 0.25) is 0 Å². The quantitative estimate of drug-likeness (QED) is 0.820. The Kier molecular flexibility index (Phi) is 5.66. The van der Waals surface area contributed by atoms with Crippen LogP contribution in [-0.2, 0) is 6.54 Å². The molecule has 1 rings (SSSR count). The highest BCUT2D eigenvalue weighted by Gasteiger charge is 2.09. The minimum atomic E-state index is 0.572. The van der Waals surface area contributed by atoms with Crippen LogP contribution in [0.25, 0.3) is 0 Å². The lowest BCUT2D eigenvalue weighted by molar-refractivity contribution is 0.211. The van der Waals surface area contributed by atoms with Crippen LogP contribution >= 0.6 is 0 Å². The summed E-state index contributed by atoms with van der Waals surface area (Å²) in [5.41, 5.74) is 9.70. The standard InChI is InChI=1S/C15H26N2/c1-12(2)17(7-5-6-16)11-15-9-13(3)8-14(4)10-15/h8-10,12H,5-7,11,16H2,1-4H3. The second kappa shape index (κ2) is 6.77. The molecule has 0 saturated heterocycles. The highest BCUT2D eigenvalue weighted by molar-refractivity contribution is 5.28. The first-order valence-electron chi connectivity index (χ1n) is 6.54. The average Bonchev–Trinajstić information content (AvgIpc) is 2.22. The van der Waals surface area contributed by atoms with Crippen molar-refractivity contribution in [3.05, 3.63) is 34.9 Å². The van der Waals surface area contributed by atoms with E-state index in [0.717, 1.165) is 26.1 Å². The molecule has 2 N–H and O–H groups in total. The molecule has 2 nitrogen and oxygen atoms in total. The van der Waals surface area contributed by atoms with Gasteiger partial charge in [0.1, 0.15) is 0 Å². The molecule has 0 bridgehead atoms. The first kappa shape index (κ1) is 14.2. The van der Waals surface area contributed by atoms with Gasteiger partial charge in [-0.2, -0.15) is 0 Å². The van der Waals surface area contributed by atoms with Gasteiger partial charge in [0, 0.05) is 12.6 Å². The van der Waals surface area contributed by atoms with E-state index in [-0.39, 0.29) is 0 Å². The molecule has 0 aliphatic rings. The molecule has 0 aliphatic heterocycles. The van der Waals surface area contributed by atoms with E-state index < -0.39 is 0 Å². The van der Waals surface area contributed by atoms with Crippen molar-refractivity contribution < 1.29 is 0 Å². The van der Waals surface area contributed by atoms with Crippen LogP contribution in [0.4, 0.5) is 0 Å². The van der Waals surface area contributed by atoms with Gasteiger partial charge >= 0.3 is 0 Å². The molecule has 17 heavy (non-hydrogen) atoms. The lowest BCUT2D eigenvalue weighted by Crippen LogP contribution is -2.32. The summed E-state index contributed by atoms with van der Waals surface area (Å²) in [6.45, 7) is 11.7. The van der Waals surface area contributed by atoms with E-state index >= 15 is 0 Å². The predicted octanol–water partition coefficient (Wildman–Crippen LogP) is 2.86. The molecule has 0 spiro atoms. The van der Waals surface area contributed by atoms with Gasteiger partial charge < -0.3 is 5.73 Å². The second-order valence-electron chi connectivity index (χ2n) is 5.20. The van der Waals surface area contributed by atoms with E-state index in [1.807, 2.05) is 0 Å². The van der Waals surface area contributed by atoms with Gasteiger partial charge in [-0.3, -0.25) is 4.90 Å². The van der Waals surface area contributed by atoms with Crippen molar-refractivity contribution >= 4 is 0 Å². The first-order chi connectivity index (χ1) is 8.02. The van der Waals surface area contributed by atoms with E-state index in [1.54, 1.807) is 0 Å². The van der Waals surface area contributed by atoms with Crippen LogP contribution in [0.15, 0.2) is 18.2 Å². The van der Waals surface area contributed by atoms with Crippen LogP contribution < -0.4 is 5.73 Å². The first-order valence-corrected chi connectivity index (χ1v) is 6.54. The zero-order valence-corrected chi connectivity index (χ0v) is 11.7. The zero-order chi connectivity index (χ0) is 12.8. The summed E-state index contributed by atoms with van der Waals surface area (Å²) in [7, 11) is 0. The monoisotopic (exact) mass is 234 g/mol. The molecule has 1 aromatic carbocycles. The van der Waals surface area contributed by atoms with Gasteiger partial charge in [-0.15, -0.1) is 0 Å². The third-order valence-corrected chi connectivity index (χ3v) is 3.05. The molecule has 0 amide bonds. The van der Waals surface area contributed by atoms with E-state index in [0.29, 0.717) is 6.04 Å². The molecule has 0 heterocycles. The molecule has 0 fully saturated rings. The maximum atomic E-state index is 5.59. The van der Waals surface area contributed by atoms with E-state index in [2.05, 4.69) is 50.8 Å². The minimum Gasteiger partial charge on any atom is -0.330 e. The van der Waals surface area contributed by atoms with Crippen molar-refractivity contribution in [2.75, 3.05) is 13.1 Å². The topological polar surface area (TPSA) is 29.3 Å². The SMILES string of the molecule is Cc1cc(C)cc(CN(CCCN)C(C)C)c1. The van der Waals surface area contributed by atoms with Crippen LogP contribution in [0.2, 0.25) is 0 Å². The summed E-state index contributed by atoms with van der Waals surface area (Å²) < 4.78 is 0. The molecule has 0 atom stereocenters. The van der Waals surface area contributed by atoms with Gasteiger partial charge in [-0.25, -0.2) is 0 Å². The third kappa shape index (κ3) is 4.88. The number of nitrogens with zero attached hydrogens (tertiary/aromatic N) is 1. The Hall–Kier alpha value is -0.860. The summed E-state index contributed by atoms with van der Waals surface area (Å²) in [6, 6.07) is 7.36. The van der Waals surface area contributed by atoms with Crippen molar-refractivity contribution in [3.8, 4) is 0 Å². The summed E-state index contributed by atoms with van der Waals surface area (Å²) >= 11 is 0. The van der Waals surface area contributed by atoms with E-state index in [1.165, 1.54) is 16.7 Å². The summed E-state index contributed by atoms with van der Waals surface area (Å²) in [6.07, 6.45) is 1.07. The van der Waals surface area contributed by atoms with Crippen molar-refractivity contribution in [3.63, 3.8) is 0 Å². The Morgan fingerprint density at radius 2 is 1.71 bits per heavy atom. The van der Waals surface area contributed by atoms with Crippen molar-refractivity contribution in [2.24, 2.45) is 5.73 Å². The number of aryl methyl sites for hydroxylation is 2. The lowest BCUT2D eigenvalue weighted by atomic mass is 10.1. The Labute approximate surface area is 106 Å². The largest absolute Gasteiger partial charge is 0.330 e. The number of nitrogens with two attached hydrogens (primary N) is 1. The summed E-state index contributed by atoms with van der Waals surface area (Å²) in [5.74, 6) is 0. The summed E-state index contributed by atoms with van der Waals surface area (Å²) in [4.78, 5) is 2.49. The molecule has 0 unspecified atom stereocenters. The lowest BCUT2D eigenvalue weighted by Gasteiger charge is -2.26. The Morgan fingerprint density at radius 1 is 1.12 bits per heavy atom. The molecular formula is C15H26N2. The van der Waals surface area contributed by atoms with Gasteiger partial charge in [0.05, 0.1) is 0 Å². The molecule has 0 aromatic heterocycles. The van der Waals surface area contributed by atoms with Crippen LogP contribution in [0, 0.1) is 13.8 Å². The number of rotatable bonds is 6. The Morgan fingerprint density at radius 3 is 2.18 bits per heavy atom. The third-order valence-electron chi connectivity index (χ3n) is 3.05. The van der Waals surface area contributed by atoms with Gasteiger partial charge in [0.25, 0.3) is 0 Å². The molecule has 0 saturated carbocycles. The highest BCUT2D eigenvalue weighted by atomic mass is 15.1. The van der Waals surface area contributed by atoms with Crippen LogP contribution in [0.3, 0.4) is 0 Å². The number of hydrogen-bond acceptors (Lipinski definition) is 2. The molecule has 1 aromatic rings. The molecule has 2 heteroatoms. The predicted molar refractivity (Wildman–Crippen MR) is 75.1 cm³/mol. The Balaban J connectivity index is 2.71. The van der Waals surface area contributed by atoms with Crippen molar-refractivity contribution in [1.29, 1.82) is 0 Å². The van der Waals surface area contributed by atoms with Gasteiger partial charge in [-0.1, -0.05) is 29.3 Å². The summed E-state index contributed by atoms with van der Waals surface area (Å²) in [5, 5.41) is 0. The highest BCUT2D eigenvalue weighted by Crippen LogP contribution is 2.13. The Bertz CT molecular complexity index is 325. The average molecular weight is 234 g/mol. The fourth-order valence-corrected chi connectivity index (χ4v) is 2.21. The van der Waals surface area contributed by atoms with Crippen molar-refractivity contribution in [2.45, 2.75) is 46.7 Å². The normalized spacial score (nSPS) is 11.5. The molecule has 0 radical (unpaired) electrons. The molecular weight excluding hydrogens is 208 g/mol. The van der Waals surface area contributed by atoms with Crippen LogP contribution in [-0.4, -0.2) is 24.0 Å². The minimum absolute atomic E-state index is 0.572. The maximum Gasteiger partial charge on any atom is 0.0236 e. The smallest absolute Gasteiger partial charge is 0.0236 e. The fourth-order valence-electron chi connectivity index (χ4n) is 2.21. The molecule has 96 valence electrons. The second-order valence-corrected chi connectivity index (χ2v) is 5.20.